The Labute approximate surface area is 158 Å². The molecule has 0 fully saturated rings. The molecule has 0 aliphatic rings. The number of amides is 1. The maximum absolute atomic E-state index is 12.4. The number of thioether (sulfide) groups is 1. The van der Waals surface area contributed by atoms with E-state index in [-0.39, 0.29) is 5.91 Å². The van der Waals surface area contributed by atoms with Crippen LogP contribution in [0.2, 0.25) is 0 Å². The van der Waals surface area contributed by atoms with Gasteiger partial charge in [0.15, 0.2) is 0 Å². The number of nitrogens with zero attached hydrogens (tertiary/aromatic N) is 1. The van der Waals surface area contributed by atoms with Crippen LogP contribution in [-0.2, 0) is 12.2 Å². The van der Waals surface area contributed by atoms with Gasteiger partial charge >= 0.3 is 0 Å². The molecule has 0 saturated heterocycles. The molecule has 0 spiro atoms. The van der Waals surface area contributed by atoms with Crippen molar-refractivity contribution in [1.82, 2.24) is 4.98 Å². The molecule has 0 aliphatic heterocycles. The molecule has 1 aromatic heterocycles. The van der Waals surface area contributed by atoms with Gasteiger partial charge in [-0.1, -0.05) is 31.5 Å². The SMILES string of the molecule is CCCc1ccc(NC(=O)c2ccc(SCc3cccnc3)cc2)cc1. The second kappa shape index (κ2) is 9.20. The Hall–Kier alpha value is -2.59. The number of pyridine rings is 1. The highest BCUT2D eigenvalue weighted by atomic mass is 32.2. The Morgan fingerprint density at radius 2 is 1.77 bits per heavy atom. The third-order valence-corrected chi connectivity index (χ3v) is 5.08. The summed E-state index contributed by atoms with van der Waals surface area (Å²) >= 11 is 1.73. The maximum Gasteiger partial charge on any atom is 0.255 e. The van der Waals surface area contributed by atoms with Crippen molar-refractivity contribution in [3.8, 4) is 0 Å². The summed E-state index contributed by atoms with van der Waals surface area (Å²) in [6, 6.07) is 19.8. The van der Waals surface area contributed by atoms with Gasteiger partial charge in [-0.2, -0.15) is 0 Å². The normalized spacial score (nSPS) is 10.5. The predicted octanol–water partition coefficient (Wildman–Crippen LogP) is 5.58. The average Bonchev–Trinajstić information content (AvgIpc) is 2.69. The van der Waals surface area contributed by atoms with E-state index < -0.39 is 0 Å². The van der Waals surface area contributed by atoms with Gasteiger partial charge in [0, 0.05) is 34.3 Å². The topological polar surface area (TPSA) is 42.0 Å². The number of carbonyl (C=O) groups excluding carboxylic acids is 1. The van der Waals surface area contributed by atoms with E-state index in [2.05, 4.69) is 35.4 Å². The van der Waals surface area contributed by atoms with E-state index in [1.807, 2.05) is 48.7 Å². The molecular weight excluding hydrogens is 340 g/mol. The van der Waals surface area contributed by atoms with Crippen LogP contribution in [0.4, 0.5) is 5.69 Å². The van der Waals surface area contributed by atoms with Crippen LogP contribution in [0.25, 0.3) is 0 Å². The van der Waals surface area contributed by atoms with Crippen LogP contribution >= 0.6 is 11.8 Å². The summed E-state index contributed by atoms with van der Waals surface area (Å²) in [5.74, 6) is 0.779. The summed E-state index contributed by atoms with van der Waals surface area (Å²) < 4.78 is 0. The lowest BCUT2D eigenvalue weighted by Crippen LogP contribution is -2.11. The maximum atomic E-state index is 12.4. The Bertz CT molecular complexity index is 830. The number of nitrogens with one attached hydrogen (secondary N) is 1. The highest BCUT2D eigenvalue weighted by Gasteiger charge is 2.06. The van der Waals surface area contributed by atoms with Gasteiger partial charge in [0.1, 0.15) is 0 Å². The van der Waals surface area contributed by atoms with Crippen molar-refractivity contribution < 1.29 is 4.79 Å². The molecule has 4 heteroatoms. The van der Waals surface area contributed by atoms with Crippen molar-refractivity contribution in [2.45, 2.75) is 30.4 Å². The number of anilines is 1. The van der Waals surface area contributed by atoms with Crippen molar-refractivity contribution >= 4 is 23.4 Å². The summed E-state index contributed by atoms with van der Waals surface area (Å²) in [5, 5.41) is 2.95. The molecule has 1 amide bonds. The first-order valence-electron chi connectivity index (χ1n) is 8.76. The summed E-state index contributed by atoms with van der Waals surface area (Å²) in [7, 11) is 0. The fraction of sp³-hybridized carbons (Fsp3) is 0.182. The molecule has 0 aliphatic carbocycles. The van der Waals surface area contributed by atoms with Gasteiger partial charge in [0.2, 0.25) is 0 Å². The number of carbonyl (C=O) groups is 1. The summed E-state index contributed by atoms with van der Waals surface area (Å²) in [6.07, 6.45) is 5.84. The van der Waals surface area contributed by atoms with Gasteiger partial charge in [0.25, 0.3) is 5.91 Å². The van der Waals surface area contributed by atoms with Crippen LogP contribution in [-0.4, -0.2) is 10.9 Å². The van der Waals surface area contributed by atoms with E-state index in [1.165, 1.54) is 11.1 Å². The Morgan fingerprint density at radius 1 is 1.00 bits per heavy atom. The quantitative estimate of drug-likeness (QED) is 0.558. The molecule has 0 bridgehead atoms. The van der Waals surface area contributed by atoms with Gasteiger partial charge in [0.05, 0.1) is 0 Å². The average molecular weight is 362 g/mol. The monoisotopic (exact) mass is 362 g/mol. The lowest BCUT2D eigenvalue weighted by molar-refractivity contribution is 0.102. The van der Waals surface area contributed by atoms with Gasteiger partial charge in [-0.25, -0.2) is 0 Å². The van der Waals surface area contributed by atoms with E-state index in [1.54, 1.807) is 18.0 Å². The highest BCUT2D eigenvalue weighted by Crippen LogP contribution is 2.23. The van der Waals surface area contributed by atoms with Crippen LogP contribution in [0.15, 0.2) is 78.0 Å². The Balaban J connectivity index is 1.56. The molecule has 3 aromatic rings. The van der Waals surface area contributed by atoms with Crippen molar-refractivity contribution in [3.63, 3.8) is 0 Å². The number of aromatic nitrogens is 1. The minimum atomic E-state index is -0.0861. The lowest BCUT2D eigenvalue weighted by Gasteiger charge is -2.07. The zero-order chi connectivity index (χ0) is 18.2. The van der Waals surface area contributed by atoms with Crippen molar-refractivity contribution in [1.29, 1.82) is 0 Å². The Morgan fingerprint density at radius 3 is 2.42 bits per heavy atom. The summed E-state index contributed by atoms with van der Waals surface area (Å²) in [6.45, 7) is 2.16. The smallest absolute Gasteiger partial charge is 0.255 e. The van der Waals surface area contributed by atoms with Gasteiger partial charge < -0.3 is 5.32 Å². The van der Waals surface area contributed by atoms with E-state index in [4.69, 9.17) is 0 Å². The first kappa shape index (κ1) is 18.2. The minimum absolute atomic E-state index is 0.0861. The second-order valence-corrected chi connectivity index (χ2v) is 7.12. The summed E-state index contributed by atoms with van der Waals surface area (Å²) in [4.78, 5) is 17.6. The van der Waals surface area contributed by atoms with E-state index >= 15 is 0 Å². The molecule has 0 saturated carbocycles. The van der Waals surface area contributed by atoms with E-state index in [9.17, 15) is 4.79 Å². The number of aryl methyl sites for hydroxylation is 1. The molecule has 0 atom stereocenters. The largest absolute Gasteiger partial charge is 0.322 e. The molecule has 132 valence electrons. The molecule has 3 rings (SSSR count). The third kappa shape index (κ3) is 5.20. The molecule has 2 aromatic carbocycles. The van der Waals surface area contributed by atoms with Gasteiger partial charge in [-0.3, -0.25) is 9.78 Å². The van der Waals surface area contributed by atoms with Gasteiger partial charge in [-0.05, 0) is 60.0 Å². The summed E-state index contributed by atoms with van der Waals surface area (Å²) in [5.41, 5.74) is 3.96. The first-order valence-corrected chi connectivity index (χ1v) is 9.75. The van der Waals surface area contributed by atoms with E-state index in [0.717, 1.165) is 29.2 Å². The zero-order valence-corrected chi connectivity index (χ0v) is 15.6. The Kier molecular flexibility index (Phi) is 6.45. The van der Waals surface area contributed by atoms with Crippen molar-refractivity contribution in [2.75, 3.05) is 5.32 Å². The van der Waals surface area contributed by atoms with Crippen LogP contribution in [0.5, 0.6) is 0 Å². The number of hydrogen-bond donors (Lipinski definition) is 1. The minimum Gasteiger partial charge on any atom is -0.322 e. The zero-order valence-electron chi connectivity index (χ0n) is 14.8. The number of benzene rings is 2. The molecular formula is C22H22N2OS. The van der Waals surface area contributed by atoms with Gasteiger partial charge in [-0.15, -0.1) is 11.8 Å². The van der Waals surface area contributed by atoms with Crippen molar-refractivity contribution in [3.05, 3.63) is 89.7 Å². The fourth-order valence-electron chi connectivity index (χ4n) is 2.60. The molecule has 0 radical (unpaired) electrons. The number of rotatable bonds is 7. The molecule has 3 nitrogen and oxygen atoms in total. The number of hydrogen-bond acceptors (Lipinski definition) is 3. The molecule has 26 heavy (non-hydrogen) atoms. The third-order valence-electron chi connectivity index (χ3n) is 4.00. The fourth-order valence-corrected chi connectivity index (χ4v) is 3.43. The van der Waals surface area contributed by atoms with Crippen LogP contribution in [0, 0.1) is 0 Å². The van der Waals surface area contributed by atoms with E-state index in [0.29, 0.717) is 5.56 Å². The molecule has 1 N–H and O–H groups in total. The van der Waals surface area contributed by atoms with Crippen LogP contribution in [0.3, 0.4) is 0 Å². The lowest BCUT2D eigenvalue weighted by atomic mass is 10.1. The highest BCUT2D eigenvalue weighted by molar-refractivity contribution is 7.98. The first-order chi connectivity index (χ1) is 12.7. The second-order valence-electron chi connectivity index (χ2n) is 6.08. The van der Waals surface area contributed by atoms with Crippen LogP contribution in [0.1, 0.15) is 34.8 Å². The standard InChI is InChI=1S/C22H22N2OS/c1-2-4-17-6-10-20(11-7-17)24-22(25)19-8-12-21(13-9-19)26-16-18-5-3-14-23-15-18/h3,5-15H,2,4,16H2,1H3,(H,24,25). The van der Waals surface area contributed by atoms with Crippen molar-refractivity contribution in [2.24, 2.45) is 0 Å². The molecule has 0 unspecified atom stereocenters. The van der Waals surface area contributed by atoms with Crippen LogP contribution < -0.4 is 5.32 Å². The predicted molar refractivity (Wildman–Crippen MR) is 109 cm³/mol. The molecule has 1 heterocycles.